The van der Waals surface area contributed by atoms with Gasteiger partial charge in [-0.3, -0.25) is 0 Å². The van der Waals surface area contributed by atoms with Crippen LogP contribution in [0.5, 0.6) is 0 Å². The van der Waals surface area contributed by atoms with Crippen LogP contribution in [-0.4, -0.2) is 4.98 Å². The lowest BCUT2D eigenvalue weighted by Crippen LogP contribution is -2.37. The van der Waals surface area contributed by atoms with E-state index in [9.17, 15) is 0 Å². The molecule has 0 aliphatic carbocycles. The summed E-state index contributed by atoms with van der Waals surface area (Å²) in [6.07, 6.45) is 28.6. The first-order chi connectivity index (χ1) is 15.8. The molecule has 2 heteroatoms. The average Bonchev–Trinajstić information content (AvgIpc) is 3.27. The van der Waals surface area contributed by atoms with Gasteiger partial charge >= 0.3 is 0 Å². The minimum absolute atomic E-state index is 0.598. The Balaban J connectivity index is 1.41. The number of aromatic nitrogens is 2. The zero-order chi connectivity index (χ0) is 22.7. The minimum Gasteiger partial charge on any atom is -0.247 e. The van der Waals surface area contributed by atoms with E-state index in [4.69, 9.17) is 0 Å². The maximum atomic E-state index is 3.49. The van der Waals surface area contributed by atoms with E-state index in [-0.39, 0.29) is 0 Å². The number of hydrogen-bond acceptors (Lipinski definition) is 0. The third kappa shape index (κ3) is 11.9. The highest BCUT2D eigenvalue weighted by atomic mass is 15.1. The Morgan fingerprint density at radius 2 is 1.19 bits per heavy atom. The summed E-state index contributed by atoms with van der Waals surface area (Å²) >= 11 is 0. The van der Waals surface area contributed by atoms with Gasteiger partial charge in [0, 0.05) is 0 Å². The van der Waals surface area contributed by atoms with Gasteiger partial charge < -0.3 is 0 Å². The Labute approximate surface area is 199 Å². The van der Waals surface area contributed by atoms with Crippen molar-refractivity contribution < 1.29 is 4.57 Å². The van der Waals surface area contributed by atoms with E-state index >= 15 is 0 Å². The van der Waals surface area contributed by atoms with E-state index in [1.54, 1.807) is 0 Å². The van der Waals surface area contributed by atoms with Gasteiger partial charge in [-0.1, -0.05) is 147 Å². The molecule has 0 saturated carbocycles. The molecule has 1 heterocycles. The molecular weight excluding hydrogens is 388 g/mol. The Morgan fingerprint density at radius 1 is 0.688 bits per heavy atom. The van der Waals surface area contributed by atoms with E-state index < -0.39 is 0 Å². The van der Waals surface area contributed by atoms with Crippen molar-refractivity contribution in [3.63, 3.8) is 0 Å². The van der Waals surface area contributed by atoms with Crippen molar-refractivity contribution in [2.24, 2.45) is 0 Å². The maximum absolute atomic E-state index is 3.49. The molecule has 0 unspecified atom stereocenters. The Hall–Kier alpha value is -1.57. The second-order valence-corrected chi connectivity index (χ2v) is 9.95. The highest BCUT2D eigenvalue weighted by Crippen LogP contribution is 2.19. The number of nitrogens with zero attached hydrogens (tertiary/aromatic N) is 1. The van der Waals surface area contributed by atoms with Crippen molar-refractivity contribution in [1.82, 2.24) is 4.98 Å². The van der Waals surface area contributed by atoms with Crippen molar-refractivity contribution in [1.29, 1.82) is 0 Å². The van der Waals surface area contributed by atoms with Crippen LogP contribution in [0.2, 0.25) is 0 Å². The summed E-state index contributed by atoms with van der Waals surface area (Å²) in [6.45, 7) is 5.63. The SMILES string of the molecule is CCCCCCCCCCCCCCCCCC[C@H](C)c1[nH]cc[n+]1Cc1ccccc1. The number of H-pyrrole nitrogens is 1. The van der Waals surface area contributed by atoms with Gasteiger partial charge in [0.05, 0.1) is 5.92 Å². The molecule has 0 fully saturated rings. The molecule has 0 aliphatic rings. The van der Waals surface area contributed by atoms with Gasteiger partial charge in [0.25, 0.3) is 5.82 Å². The fraction of sp³-hybridized carbons (Fsp3) is 0.700. The summed E-state index contributed by atoms with van der Waals surface area (Å²) in [5, 5.41) is 0. The number of imidazole rings is 1. The standard InChI is InChI=1S/C30H50N2/c1-3-4-5-6-7-8-9-10-11-12-13-14-15-16-17-19-22-28(2)30-31-25-26-32(30)27-29-23-20-18-21-24-29/h18,20-21,23-26,28H,3-17,19,22,27H2,1-2H3/p+1/t28-/m0/s1. The Morgan fingerprint density at radius 3 is 1.72 bits per heavy atom. The lowest BCUT2D eigenvalue weighted by atomic mass is 10.00. The van der Waals surface area contributed by atoms with E-state index in [0.29, 0.717) is 5.92 Å². The molecular formula is C30H51N2+. The molecule has 0 radical (unpaired) electrons. The van der Waals surface area contributed by atoms with Gasteiger partial charge in [0.2, 0.25) is 0 Å². The molecule has 2 nitrogen and oxygen atoms in total. The maximum Gasteiger partial charge on any atom is 0.257 e. The summed E-state index contributed by atoms with van der Waals surface area (Å²) in [5.41, 5.74) is 1.37. The van der Waals surface area contributed by atoms with Gasteiger partial charge in [-0.25, -0.2) is 9.55 Å². The van der Waals surface area contributed by atoms with E-state index in [1.807, 2.05) is 0 Å². The smallest absolute Gasteiger partial charge is 0.247 e. The molecule has 0 bridgehead atoms. The van der Waals surface area contributed by atoms with E-state index in [1.165, 1.54) is 121 Å². The molecule has 32 heavy (non-hydrogen) atoms. The van der Waals surface area contributed by atoms with Crippen molar-refractivity contribution >= 4 is 0 Å². The molecule has 0 spiro atoms. The van der Waals surface area contributed by atoms with Crippen LogP contribution in [0.4, 0.5) is 0 Å². The number of rotatable bonds is 20. The molecule has 2 aromatic rings. The molecule has 1 aromatic carbocycles. The molecule has 1 N–H and O–H groups in total. The molecule has 0 saturated heterocycles. The lowest BCUT2D eigenvalue weighted by Gasteiger charge is -2.09. The molecule has 0 aliphatic heterocycles. The topological polar surface area (TPSA) is 19.7 Å². The van der Waals surface area contributed by atoms with Crippen LogP contribution in [0.25, 0.3) is 0 Å². The van der Waals surface area contributed by atoms with Crippen LogP contribution in [0, 0.1) is 0 Å². The fourth-order valence-corrected chi connectivity index (χ4v) is 4.85. The molecule has 2 rings (SSSR count). The number of benzene rings is 1. The summed E-state index contributed by atoms with van der Waals surface area (Å²) in [6, 6.07) is 10.8. The van der Waals surface area contributed by atoms with E-state index in [0.717, 1.165) is 6.54 Å². The molecule has 1 atom stereocenters. The number of nitrogens with one attached hydrogen (secondary N) is 1. The predicted molar refractivity (Wildman–Crippen MR) is 139 cm³/mol. The molecule has 180 valence electrons. The van der Waals surface area contributed by atoms with Crippen LogP contribution in [-0.2, 0) is 6.54 Å². The Bertz CT molecular complexity index is 660. The molecule has 1 aromatic heterocycles. The summed E-state index contributed by atoms with van der Waals surface area (Å²) in [4.78, 5) is 3.49. The fourth-order valence-electron chi connectivity index (χ4n) is 4.85. The highest BCUT2D eigenvalue weighted by molar-refractivity contribution is 5.13. The lowest BCUT2D eigenvalue weighted by molar-refractivity contribution is -0.695. The first-order valence-corrected chi connectivity index (χ1v) is 13.9. The van der Waals surface area contributed by atoms with Gasteiger partial charge in [-0.15, -0.1) is 0 Å². The molecule has 0 amide bonds. The van der Waals surface area contributed by atoms with Crippen LogP contribution < -0.4 is 4.57 Å². The highest BCUT2D eigenvalue weighted by Gasteiger charge is 2.18. The zero-order valence-corrected chi connectivity index (χ0v) is 21.3. The zero-order valence-electron chi connectivity index (χ0n) is 21.3. The first kappa shape index (κ1) is 26.7. The van der Waals surface area contributed by atoms with Crippen LogP contribution in [0.1, 0.15) is 140 Å². The minimum atomic E-state index is 0.598. The van der Waals surface area contributed by atoms with Crippen LogP contribution in [0.3, 0.4) is 0 Å². The van der Waals surface area contributed by atoms with Gasteiger partial charge in [0.1, 0.15) is 18.9 Å². The van der Waals surface area contributed by atoms with Crippen molar-refractivity contribution in [3.8, 4) is 0 Å². The summed E-state index contributed by atoms with van der Waals surface area (Å²) in [5.74, 6) is 1.97. The van der Waals surface area contributed by atoms with Crippen molar-refractivity contribution in [2.75, 3.05) is 0 Å². The largest absolute Gasteiger partial charge is 0.257 e. The first-order valence-electron chi connectivity index (χ1n) is 13.9. The van der Waals surface area contributed by atoms with Crippen molar-refractivity contribution in [3.05, 3.63) is 54.1 Å². The predicted octanol–water partition coefficient (Wildman–Crippen LogP) is 9.11. The van der Waals surface area contributed by atoms with Gasteiger partial charge in [-0.05, 0) is 12.0 Å². The average molecular weight is 440 g/mol. The quantitative estimate of drug-likeness (QED) is 0.157. The van der Waals surface area contributed by atoms with Crippen LogP contribution in [0.15, 0.2) is 42.7 Å². The normalized spacial score (nSPS) is 12.3. The second kappa shape index (κ2) is 17.9. The van der Waals surface area contributed by atoms with Gasteiger partial charge in [0.15, 0.2) is 0 Å². The number of aromatic amines is 1. The van der Waals surface area contributed by atoms with Crippen molar-refractivity contribution in [2.45, 2.75) is 135 Å². The van der Waals surface area contributed by atoms with E-state index in [2.05, 4.69) is 66.1 Å². The Kier molecular flexibility index (Phi) is 14.9. The third-order valence-corrected chi connectivity index (χ3v) is 6.95. The monoisotopic (exact) mass is 439 g/mol. The van der Waals surface area contributed by atoms with Crippen LogP contribution >= 0.6 is 0 Å². The van der Waals surface area contributed by atoms with Gasteiger partial charge in [-0.2, -0.15) is 0 Å². The second-order valence-electron chi connectivity index (χ2n) is 9.95. The summed E-state index contributed by atoms with van der Waals surface area (Å²) in [7, 11) is 0. The summed E-state index contributed by atoms with van der Waals surface area (Å²) < 4.78 is 2.38. The number of unbranched alkanes of at least 4 members (excludes halogenated alkanes) is 15. The third-order valence-electron chi connectivity index (χ3n) is 6.95. The number of hydrogen-bond donors (Lipinski definition) is 1.